The number of para-hydroxylation sites is 1. The second-order valence-corrected chi connectivity index (χ2v) is 19.5. The fourth-order valence-corrected chi connectivity index (χ4v) is 14.0. The fraction of sp³-hybridized carbons (Fsp3) is 0. The summed E-state index contributed by atoms with van der Waals surface area (Å²) in [5, 5.41) is 10.0. The van der Waals surface area contributed by atoms with E-state index in [9.17, 15) is 13.2 Å². The van der Waals surface area contributed by atoms with Gasteiger partial charge in [0.15, 0.2) is 8.07 Å². The van der Waals surface area contributed by atoms with Crippen molar-refractivity contribution in [2.24, 2.45) is 0 Å². The van der Waals surface area contributed by atoms with E-state index in [1.807, 2.05) is 66.7 Å². The molecule has 1 aromatic heterocycles. The van der Waals surface area contributed by atoms with Crippen LogP contribution in [0.3, 0.4) is 0 Å². The molecule has 11 aromatic rings. The molecule has 11 rings (SSSR count). The molecule has 0 aliphatic rings. The first kappa shape index (κ1) is 37.3. The highest BCUT2D eigenvalue weighted by molar-refractivity contribution is 7.19. The number of rotatable bonds is 8. The number of benzene rings is 10. The lowest BCUT2D eigenvalue weighted by Gasteiger charge is -2.35. The maximum absolute atomic E-state index is 14.6. The third-order valence-corrected chi connectivity index (χ3v) is 17.0. The molecule has 2 nitrogen and oxygen atoms in total. The molecule has 62 heavy (non-hydrogen) atoms. The van der Waals surface area contributed by atoms with Crippen LogP contribution in [0.25, 0.3) is 54.6 Å². The van der Waals surface area contributed by atoms with Gasteiger partial charge in [-0.3, -0.25) is 0 Å². The van der Waals surface area contributed by atoms with Crippen molar-refractivity contribution in [1.29, 1.82) is 0 Å². The third-order valence-electron chi connectivity index (χ3n) is 12.2. The molecule has 6 heteroatoms. The number of fused-ring (bicyclic) bond motifs is 6. The smallest absolute Gasteiger partial charge is 0.179 e. The van der Waals surface area contributed by atoms with E-state index in [0.717, 1.165) is 81.6 Å². The molecule has 0 N–H and O–H groups in total. The number of furan rings is 1. The zero-order valence-corrected chi connectivity index (χ0v) is 34.3. The lowest BCUT2D eigenvalue weighted by molar-refractivity contribution is 0.628. The van der Waals surface area contributed by atoms with E-state index in [1.165, 1.54) is 47.2 Å². The highest BCUT2D eigenvalue weighted by Gasteiger charge is 2.42. The standard InChI is InChI=1S/C56H36F3NOSi/c57-40-18-28-45(29-19-40)62(46-30-20-41(58)21-31-46,47-32-22-42(59)23-33-47)48-34-26-44(27-35-48)60(43-24-16-38(17-25-43)50-14-7-10-37-8-1-3-11-49(37)50)53-36-39-9-2-4-12-51(39)56-55(53)52-13-5-6-15-54(52)61-56/h1-36H. The van der Waals surface area contributed by atoms with Gasteiger partial charge in [0.1, 0.15) is 28.6 Å². The lowest BCUT2D eigenvalue weighted by atomic mass is 9.97. The van der Waals surface area contributed by atoms with Gasteiger partial charge < -0.3 is 9.32 Å². The average molecular weight is 824 g/mol. The maximum atomic E-state index is 14.6. The first-order chi connectivity index (χ1) is 30.5. The first-order valence-corrected chi connectivity index (χ1v) is 22.6. The summed E-state index contributed by atoms with van der Waals surface area (Å²) in [7, 11) is -3.29. The minimum absolute atomic E-state index is 0.360. The highest BCUT2D eigenvalue weighted by Crippen LogP contribution is 2.46. The first-order valence-electron chi connectivity index (χ1n) is 20.6. The summed E-state index contributed by atoms with van der Waals surface area (Å²) < 4.78 is 50.6. The fourth-order valence-electron chi connectivity index (χ4n) is 9.37. The van der Waals surface area contributed by atoms with Crippen LogP contribution in [-0.4, -0.2) is 8.07 Å². The second-order valence-electron chi connectivity index (χ2n) is 15.6. The predicted molar refractivity (Wildman–Crippen MR) is 252 cm³/mol. The van der Waals surface area contributed by atoms with Crippen LogP contribution in [0.4, 0.5) is 30.2 Å². The minimum Gasteiger partial charge on any atom is -0.455 e. The zero-order chi connectivity index (χ0) is 41.8. The van der Waals surface area contributed by atoms with Crippen molar-refractivity contribution in [2.45, 2.75) is 0 Å². The second kappa shape index (κ2) is 15.1. The van der Waals surface area contributed by atoms with Gasteiger partial charge in [0.2, 0.25) is 0 Å². The van der Waals surface area contributed by atoms with Crippen molar-refractivity contribution in [3.05, 3.63) is 236 Å². The van der Waals surface area contributed by atoms with Crippen LogP contribution in [0.2, 0.25) is 0 Å². The molecule has 0 aliphatic carbocycles. The predicted octanol–water partition coefficient (Wildman–Crippen LogP) is 12.8. The minimum atomic E-state index is -3.29. The molecule has 0 saturated carbocycles. The molecular formula is C56H36F3NOSi. The summed E-state index contributed by atoms with van der Waals surface area (Å²) in [4.78, 5) is 2.28. The Bertz CT molecular complexity index is 3300. The van der Waals surface area contributed by atoms with E-state index in [4.69, 9.17) is 4.42 Å². The number of nitrogens with zero attached hydrogens (tertiary/aromatic N) is 1. The van der Waals surface area contributed by atoms with Crippen molar-refractivity contribution < 1.29 is 17.6 Å². The molecule has 1 heterocycles. The zero-order valence-electron chi connectivity index (χ0n) is 33.3. The SMILES string of the molecule is Fc1ccc([Si](c2ccc(F)cc2)(c2ccc(F)cc2)c2ccc(N(c3ccc(-c4cccc5ccccc45)cc3)c3cc4ccccc4c4oc5ccccc5c34)cc2)cc1. The Hall–Kier alpha value is -7.67. The molecule has 0 spiro atoms. The monoisotopic (exact) mass is 823 g/mol. The van der Waals surface area contributed by atoms with Crippen molar-refractivity contribution >= 4 is 89.4 Å². The van der Waals surface area contributed by atoms with Gasteiger partial charge in [0.05, 0.1) is 11.1 Å². The van der Waals surface area contributed by atoms with E-state index in [0.29, 0.717) is 0 Å². The Morgan fingerprint density at radius 1 is 0.387 bits per heavy atom. The largest absolute Gasteiger partial charge is 0.455 e. The van der Waals surface area contributed by atoms with Gasteiger partial charge in [-0.2, -0.15) is 0 Å². The number of hydrogen-bond acceptors (Lipinski definition) is 2. The third kappa shape index (κ3) is 6.18. The molecule has 0 radical (unpaired) electrons. The van der Waals surface area contributed by atoms with E-state index >= 15 is 0 Å². The number of hydrogen-bond donors (Lipinski definition) is 0. The van der Waals surface area contributed by atoms with Crippen LogP contribution in [0.1, 0.15) is 0 Å². The molecular weight excluding hydrogens is 788 g/mol. The molecule has 0 aliphatic heterocycles. The summed E-state index contributed by atoms with van der Waals surface area (Å²) in [5.74, 6) is -1.08. The van der Waals surface area contributed by atoms with E-state index in [-0.39, 0.29) is 17.5 Å². The van der Waals surface area contributed by atoms with Crippen molar-refractivity contribution in [3.8, 4) is 11.1 Å². The Kier molecular flexibility index (Phi) is 9.09. The van der Waals surface area contributed by atoms with Gasteiger partial charge in [-0.25, -0.2) is 13.2 Å². The Morgan fingerprint density at radius 2 is 0.839 bits per heavy atom. The summed E-state index contributed by atoms with van der Waals surface area (Å²) in [6, 6.07) is 70.3. The van der Waals surface area contributed by atoms with E-state index in [1.54, 1.807) is 0 Å². The van der Waals surface area contributed by atoms with Gasteiger partial charge in [-0.05, 0) is 121 Å². The quantitative estimate of drug-likeness (QED) is 0.112. The van der Waals surface area contributed by atoms with Gasteiger partial charge in [0, 0.05) is 22.1 Å². The van der Waals surface area contributed by atoms with Crippen LogP contribution in [0.15, 0.2) is 223 Å². The van der Waals surface area contributed by atoms with Crippen LogP contribution in [-0.2, 0) is 0 Å². The Labute approximate surface area is 357 Å². The molecule has 0 atom stereocenters. The van der Waals surface area contributed by atoms with Gasteiger partial charge in [-0.15, -0.1) is 0 Å². The average Bonchev–Trinajstić information content (AvgIpc) is 3.72. The summed E-state index contributed by atoms with van der Waals surface area (Å²) in [6.45, 7) is 0. The number of anilines is 3. The van der Waals surface area contributed by atoms with Crippen LogP contribution < -0.4 is 25.6 Å². The Balaban J connectivity index is 1.15. The van der Waals surface area contributed by atoms with Crippen molar-refractivity contribution in [2.75, 3.05) is 4.90 Å². The molecule has 0 unspecified atom stereocenters. The highest BCUT2D eigenvalue weighted by atomic mass is 28.3. The van der Waals surface area contributed by atoms with Gasteiger partial charge in [-0.1, -0.05) is 146 Å². The van der Waals surface area contributed by atoms with Crippen molar-refractivity contribution in [1.82, 2.24) is 0 Å². The summed E-state index contributed by atoms with van der Waals surface area (Å²) in [5.41, 5.74) is 6.67. The summed E-state index contributed by atoms with van der Waals surface area (Å²) in [6.07, 6.45) is 0. The molecule has 0 saturated heterocycles. The molecule has 10 aromatic carbocycles. The molecule has 296 valence electrons. The van der Waals surface area contributed by atoms with Gasteiger partial charge >= 0.3 is 0 Å². The van der Waals surface area contributed by atoms with E-state index in [2.05, 4.69) is 120 Å². The molecule has 0 amide bonds. The summed E-state index contributed by atoms with van der Waals surface area (Å²) >= 11 is 0. The lowest BCUT2D eigenvalue weighted by Crippen LogP contribution is -2.74. The van der Waals surface area contributed by atoms with E-state index < -0.39 is 8.07 Å². The molecule has 0 fully saturated rings. The topological polar surface area (TPSA) is 16.4 Å². The van der Waals surface area contributed by atoms with Crippen LogP contribution in [0.5, 0.6) is 0 Å². The molecule has 0 bridgehead atoms. The number of halogens is 3. The normalized spacial score (nSPS) is 11.8. The van der Waals surface area contributed by atoms with Crippen LogP contribution >= 0.6 is 0 Å². The maximum Gasteiger partial charge on any atom is 0.179 e. The van der Waals surface area contributed by atoms with Crippen LogP contribution in [0, 0.1) is 17.5 Å². The van der Waals surface area contributed by atoms with Gasteiger partial charge in [0.25, 0.3) is 0 Å². The van der Waals surface area contributed by atoms with Crippen molar-refractivity contribution in [3.63, 3.8) is 0 Å². The Morgan fingerprint density at radius 3 is 1.42 bits per heavy atom.